The number of rotatable bonds is 6. The van der Waals surface area contributed by atoms with Gasteiger partial charge in [0.2, 0.25) is 0 Å². The molecule has 0 saturated heterocycles. The number of hydrogen-bond donors (Lipinski definition) is 1. The zero-order valence-corrected chi connectivity index (χ0v) is 10.2. The van der Waals surface area contributed by atoms with Crippen molar-refractivity contribution in [3.63, 3.8) is 0 Å². The topological polar surface area (TPSA) is 34.1 Å². The number of nitrogens with one attached hydrogen (secondary N) is 1. The third kappa shape index (κ3) is 3.32. The van der Waals surface area contributed by atoms with Crippen LogP contribution in [0, 0.1) is 0 Å². The van der Waals surface area contributed by atoms with Crippen LogP contribution in [0.25, 0.3) is 0 Å². The predicted molar refractivity (Wildman–Crippen MR) is 71.6 cm³/mol. The molecule has 2 aromatic rings. The van der Waals surface area contributed by atoms with Gasteiger partial charge in [0, 0.05) is 23.7 Å². The minimum Gasteiger partial charge on any atom is -0.489 e. The molecule has 17 heavy (non-hydrogen) atoms. The highest BCUT2D eigenvalue weighted by molar-refractivity contribution is 7.13. The van der Waals surface area contributed by atoms with E-state index < -0.39 is 0 Å². The average molecular weight is 246 g/mol. The van der Waals surface area contributed by atoms with Gasteiger partial charge in [0.15, 0.2) is 5.13 Å². The van der Waals surface area contributed by atoms with Crippen molar-refractivity contribution < 1.29 is 4.74 Å². The van der Waals surface area contributed by atoms with Crippen LogP contribution in [0.2, 0.25) is 0 Å². The number of anilines is 1. The first-order valence-corrected chi connectivity index (χ1v) is 6.23. The summed E-state index contributed by atoms with van der Waals surface area (Å²) in [5.41, 5.74) is 1.12. The molecule has 1 aromatic carbocycles. The molecule has 0 bridgehead atoms. The first-order valence-electron chi connectivity index (χ1n) is 5.35. The molecule has 1 aromatic heterocycles. The smallest absolute Gasteiger partial charge is 0.182 e. The fraction of sp³-hybridized carbons (Fsp3) is 0.154. The highest BCUT2D eigenvalue weighted by atomic mass is 32.1. The van der Waals surface area contributed by atoms with Crippen LogP contribution in [-0.2, 0) is 6.54 Å². The van der Waals surface area contributed by atoms with Crippen molar-refractivity contribution in [2.45, 2.75) is 6.54 Å². The van der Waals surface area contributed by atoms with E-state index in [-0.39, 0.29) is 0 Å². The standard InChI is InChI=1S/C13H14N2OS/c1-2-8-16-12-6-4-3-5-11(12)10-15-13-14-7-9-17-13/h2-7,9H,1,8,10H2,(H,14,15). The Morgan fingerprint density at radius 3 is 3.06 bits per heavy atom. The molecule has 1 heterocycles. The second kappa shape index (κ2) is 6.06. The second-order valence-electron chi connectivity index (χ2n) is 3.40. The van der Waals surface area contributed by atoms with Gasteiger partial charge in [0.1, 0.15) is 12.4 Å². The van der Waals surface area contributed by atoms with Gasteiger partial charge in [0.25, 0.3) is 0 Å². The summed E-state index contributed by atoms with van der Waals surface area (Å²) in [6, 6.07) is 7.96. The molecule has 0 fully saturated rings. The van der Waals surface area contributed by atoms with Crippen molar-refractivity contribution in [1.82, 2.24) is 4.98 Å². The first kappa shape index (κ1) is 11.7. The molecule has 0 atom stereocenters. The molecule has 4 heteroatoms. The van der Waals surface area contributed by atoms with E-state index in [2.05, 4.69) is 16.9 Å². The molecule has 0 radical (unpaired) electrons. The maximum Gasteiger partial charge on any atom is 0.182 e. The molecule has 0 aliphatic carbocycles. The Labute approximate surface area is 105 Å². The SMILES string of the molecule is C=CCOc1ccccc1CNc1nccs1. The fourth-order valence-electron chi connectivity index (χ4n) is 1.42. The lowest BCUT2D eigenvalue weighted by Crippen LogP contribution is -2.03. The summed E-state index contributed by atoms with van der Waals surface area (Å²) in [5, 5.41) is 6.13. The van der Waals surface area contributed by atoms with E-state index in [0.29, 0.717) is 13.2 Å². The van der Waals surface area contributed by atoms with Crippen molar-refractivity contribution in [2.24, 2.45) is 0 Å². The number of aromatic nitrogens is 1. The van der Waals surface area contributed by atoms with Crippen molar-refractivity contribution in [2.75, 3.05) is 11.9 Å². The van der Waals surface area contributed by atoms with Crippen LogP contribution in [0.15, 0.2) is 48.5 Å². The molecule has 0 amide bonds. The van der Waals surface area contributed by atoms with Crippen LogP contribution < -0.4 is 10.1 Å². The van der Waals surface area contributed by atoms with Gasteiger partial charge in [-0.2, -0.15) is 0 Å². The molecule has 1 N–H and O–H groups in total. The van der Waals surface area contributed by atoms with E-state index in [1.54, 1.807) is 23.6 Å². The summed E-state index contributed by atoms with van der Waals surface area (Å²) in [6.07, 6.45) is 3.53. The Hall–Kier alpha value is -1.81. The van der Waals surface area contributed by atoms with Gasteiger partial charge in [-0.1, -0.05) is 30.9 Å². The predicted octanol–water partition coefficient (Wildman–Crippen LogP) is 3.32. The summed E-state index contributed by atoms with van der Waals surface area (Å²) in [5.74, 6) is 0.886. The minimum atomic E-state index is 0.522. The van der Waals surface area contributed by atoms with E-state index in [4.69, 9.17) is 4.74 Å². The van der Waals surface area contributed by atoms with Crippen molar-refractivity contribution >= 4 is 16.5 Å². The fourth-order valence-corrected chi connectivity index (χ4v) is 1.95. The third-order valence-corrected chi connectivity index (χ3v) is 2.92. The maximum atomic E-state index is 5.58. The molecule has 0 saturated carbocycles. The lowest BCUT2D eigenvalue weighted by Gasteiger charge is -2.10. The third-order valence-electron chi connectivity index (χ3n) is 2.19. The molecule has 0 spiro atoms. The Balaban J connectivity index is 2.01. The molecule has 0 unspecified atom stereocenters. The summed E-state index contributed by atoms with van der Waals surface area (Å²) < 4.78 is 5.58. The van der Waals surface area contributed by atoms with Gasteiger partial charge < -0.3 is 10.1 Å². The summed E-state index contributed by atoms with van der Waals surface area (Å²) in [6.45, 7) is 4.87. The maximum absolute atomic E-state index is 5.58. The van der Waals surface area contributed by atoms with E-state index >= 15 is 0 Å². The van der Waals surface area contributed by atoms with Crippen LogP contribution in [0.3, 0.4) is 0 Å². The summed E-state index contributed by atoms with van der Waals surface area (Å²) in [4.78, 5) is 4.17. The lowest BCUT2D eigenvalue weighted by atomic mass is 10.2. The quantitative estimate of drug-likeness (QED) is 0.794. The number of para-hydroxylation sites is 1. The molecule has 0 aliphatic rings. The van der Waals surface area contributed by atoms with E-state index in [0.717, 1.165) is 16.4 Å². The highest BCUT2D eigenvalue weighted by Crippen LogP contribution is 2.20. The Bertz CT molecular complexity index is 468. The van der Waals surface area contributed by atoms with Gasteiger partial charge >= 0.3 is 0 Å². The zero-order valence-electron chi connectivity index (χ0n) is 9.43. The Morgan fingerprint density at radius 1 is 1.41 bits per heavy atom. The zero-order chi connectivity index (χ0) is 11.9. The summed E-state index contributed by atoms with van der Waals surface area (Å²) >= 11 is 1.59. The van der Waals surface area contributed by atoms with E-state index in [1.165, 1.54) is 0 Å². The number of thiazole rings is 1. The Morgan fingerprint density at radius 2 is 2.29 bits per heavy atom. The van der Waals surface area contributed by atoms with Crippen LogP contribution in [0.4, 0.5) is 5.13 Å². The molecular formula is C13H14N2OS. The van der Waals surface area contributed by atoms with Crippen molar-refractivity contribution in [3.8, 4) is 5.75 Å². The largest absolute Gasteiger partial charge is 0.489 e. The molecule has 2 rings (SSSR count). The van der Waals surface area contributed by atoms with E-state index in [9.17, 15) is 0 Å². The van der Waals surface area contributed by atoms with Gasteiger partial charge in [-0.25, -0.2) is 4.98 Å². The van der Waals surface area contributed by atoms with Crippen LogP contribution in [0.1, 0.15) is 5.56 Å². The second-order valence-corrected chi connectivity index (χ2v) is 4.29. The number of benzene rings is 1. The molecule has 3 nitrogen and oxygen atoms in total. The van der Waals surface area contributed by atoms with Crippen molar-refractivity contribution in [1.29, 1.82) is 0 Å². The van der Waals surface area contributed by atoms with Crippen molar-refractivity contribution in [3.05, 3.63) is 54.1 Å². The number of ether oxygens (including phenoxy) is 1. The number of nitrogens with zero attached hydrogens (tertiary/aromatic N) is 1. The Kier molecular flexibility index (Phi) is 4.16. The highest BCUT2D eigenvalue weighted by Gasteiger charge is 2.02. The average Bonchev–Trinajstić information content (AvgIpc) is 2.88. The van der Waals surface area contributed by atoms with Crippen LogP contribution >= 0.6 is 11.3 Å². The van der Waals surface area contributed by atoms with Gasteiger partial charge in [-0.15, -0.1) is 11.3 Å². The van der Waals surface area contributed by atoms with Gasteiger partial charge in [-0.05, 0) is 6.07 Å². The minimum absolute atomic E-state index is 0.522. The van der Waals surface area contributed by atoms with Gasteiger partial charge in [-0.3, -0.25) is 0 Å². The molecule has 0 aliphatic heterocycles. The van der Waals surface area contributed by atoms with Crippen LogP contribution in [-0.4, -0.2) is 11.6 Å². The van der Waals surface area contributed by atoms with Crippen LogP contribution in [0.5, 0.6) is 5.75 Å². The van der Waals surface area contributed by atoms with E-state index in [1.807, 2.05) is 29.6 Å². The van der Waals surface area contributed by atoms with Gasteiger partial charge in [0.05, 0.1) is 0 Å². The molecular weight excluding hydrogens is 232 g/mol. The first-order chi connectivity index (χ1) is 8.40. The monoisotopic (exact) mass is 246 g/mol. The molecule has 88 valence electrons. The normalized spacial score (nSPS) is 9.88. The lowest BCUT2D eigenvalue weighted by molar-refractivity contribution is 0.359. The summed E-state index contributed by atoms with van der Waals surface area (Å²) in [7, 11) is 0. The number of hydrogen-bond acceptors (Lipinski definition) is 4.